The third-order valence-corrected chi connectivity index (χ3v) is 7.65. The maximum Gasteiger partial charge on any atom is 0.261 e. The van der Waals surface area contributed by atoms with Crippen LogP contribution in [0.2, 0.25) is 5.02 Å². The zero-order valence-electron chi connectivity index (χ0n) is 18.7. The maximum absolute atomic E-state index is 12.7. The highest BCUT2D eigenvalue weighted by Gasteiger charge is 2.20. The molecule has 0 bridgehead atoms. The smallest absolute Gasteiger partial charge is 0.261 e. The molecule has 1 heterocycles. The van der Waals surface area contributed by atoms with E-state index in [0.717, 1.165) is 31.5 Å². The molecule has 1 amide bonds. The van der Waals surface area contributed by atoms with Crippen molar-refractivity contribution in [2.45, 2.75) is 56.9 Å². The van der Waals surface area contributed by atoms with E-state index in [1.165, 1.54) is 31.4 Å². The first-order valence-electron chi connectivity index (χ1n) is 11.2. The lowest BCUT2D eigenvalue weighted by Gasteiger charge is -2.35. The monoisotopic (exact) mass is 477 g/mol. The molecule has 2 aromatic rings. The average Bonchev–Trinajstić information content (AvgIpc) is 2.78. The molecule has 1 aliphatic rings. The van der Waals surface area contributed by atoms with Gasteiger partial charge in [0.05, 0.1) is 15.5 Å². The molecule has 6 nitrogen and oxygen atoms in total. The summed E-state index contributed by atoms with van der Waals surface area (Å²) in [6.45, 7) is 6.75. The van der Waals surface area contributed by atoms with Crippen molar-refractivity contribution in [1.29, 1.82) is 0 Å². The summed E-state index contributed by atoms with van der Waals surface area (Å²) in [6, 6.07) is 11.8. The first-order valence-corrected chi connectivity index (χ1v) is 13.1. The zero-order valence-corrected chi connectivity index (χ0v) is 20.3. The minimum absolute atomic E-state index is 0.159. The number of carbonyl (C=O) groups excluding carboxylic acids is 1. The van der Waals surface area contributed by atoms with Gasteiger partial charge in [-0.15, -0.1) is 0 Å². The Hall–Kier alpha value is -2.09. The van der Waals surface area contributed by atoms with Crippen LogP contribution in [0.15, 0.2) is 47.4 Å². The summed E-state index contributed by atoms with van der Waals surface area (Å²) < 4.78 is 27.8. The molecule has 1 unspecified atom stereocenters. The Balaban J connectivity index is 1.58. The van der Waals surface area contributed by atoms with Gasteiger partial charge in [0, 0.05) is 24.8 Å². The van der Waals surface area contributed by atoms with Crippen LogP contribution in [0.1, 0.15) is 54.9 Å². The van der Waals surface area contributed by atoms with Gasteiger partial charge in [0.25, 0.3) is 15.9 Å². The normalized spacial score (nSPS) is 17.2. The molecule has 0 aliphatic carbocycles. The van der Waals surface area contributed by atoms with E-state index >= 15 is 0 Å². The molecule has 1 saturated heterocycles. The molecule has 32 heavy (non-hydrogen) atoms. The minimum Gasteiger partial charge on any atom is -0.352 e. The fourth-order valence-corrected chi connectivity index (χ4v) is 5.34. The van der Waals surface area contributed by atoms with Crippen LogP contribution in [-0.4, -0.2) is 44.9 Å². The van der Waals surface area contributed by atoms with Gasteiger partial charge in [0.15, 0.2) is 0 Å². The van der Waals surface area contributed by atoms with Crippen LogP contribution in [0.25, 0.3) is 0 Å². The van der Waals surface area contributed by atoms with Crippen LogP contribution in [0.5, 0.6) is 0 Å². The number of piperidine rings is 1. The predicted octanol–water partition coefficient (Wildman–Crippen LogP) is 4.83. The average molecular weight is 478 g/mol. The molecule has 3 rings (SSSR count). The van der Waals surface area contributed by atoms with Crippen molar-refractivity contribution in [2.24, 2.45) is 0 Å². The van der Waals surface area contributed by atoms with Gasteiger partial charge in [-0.05, 0) is 69.5 Å². The van der Waals surface area contributed by atoms with E-state index in [0.29, 0.717) is 18.3 Å². The lowest BCUT2D eigenvalue weighted by Crippen LogP contribution is -2.40. The van der Waals surface area contributed by atoms with Gasteiger partial charge in [-0.25, -0.2) is 8.42 Å². The van der Waals surface area contributed by atoms with Gasteiger partial charge >= 0.3 is 0 Å². The summed E-state index contributed by atoms with van der Waals surface area (Å²) >= 11 is 6.22. The van der Waals surface area contributed by atoms with Crippen LogP contribution >= 0.6 is 11.6 Å². The first kappa shape index (κ1) is 24.6. The van der Waals surface area contributed by atoms with E-state index in [1.54, 1.807) is 30.3 Å². The van der Waals surface area contributed by atoms with Crippen molar-refractivity contribution >= 4 is 33.2 Å². The molecular formula is C24H32ClN3O3S. The fraction of sp³-hybridized carbons (Fsp3) is 0.458. The van der Waals surface area contributed by atoms with E-state index in [2.05, 4.69) is 21.9 Å². The molecule has 0 aromatic heterocycles. The lowest BCUT2D eigenvalue weighted by molar-refractivity contribution is 0.0947. The minimum atomic E-state index is -3.76. The van der Waals surface area contributed by atoms with Gasteiger partial charge in [-0.3, -0.25) is 9.52 Å². The molecule has 8 heteroatoms. The predicted molar refractivity (Wildman–Crippen MR) is 130 cm³/mol. The molecule has 1 fully saturated rings. The highest BCUT2D eigenvalue weighted by atomic mass is 35.5. The molecule has 1 aliphatic heterocycles. The summed E-state index contributed by atoms with van der Waals surface area (Å²) in [7, 11) is -3.76. The highest BCUT2D eigenvalue weighted by molar-refractivity contribution is 7.92. The molecule has 2 aromatic carbocycles. The number of aryl methyl sites for hydroxylation is 1. The van der Waals surface area contributed by atoms with E-state index in [4.69, 9.17) is 11.6 Å². The maximum atomic E-state index is 12.7. The second kappa shape index (κ2) is 11.2. The third-order valence-electron chi connectivity index (χ3n) is 5.92. The second-order valence-electron chi connectivity index (χ2n) is 8.32. The van der Waals surface area contributed by atoms with Crippen LogP contribution in [-0.2, 0) is 10.0 Å². The summed E-state index contributed by atoms with van der Waals surface area (Å²) in [5, 5.41) is 3.19. The molecule has 174 valence electrons. The largest absolute Gasteiger partial charge is 0.352 e. The number of sulfonamides is 1. The molecule has 0 spiro atoms. The van der Waals surface area contributed by atoms with Crippen LogP contribution in [0.3, 0.4) is 0 Å². The highest BCUT2D eigenvalue weighted by Crippen LogP contribution is 2.23. The van der Waals surface area contributed by atoms with Crippen LogP contribution in [0, 0.1) is 6.92 Å². The number of benzene rings is 2. The molecule has 0 saturated carbocycles. The quantitative estimate of drug-likeness (QED) is 0.507. The van der Waals surface area contributed by atoms with E-state index < -0.39 is 10.0 Å². The Morgan fingerprint density at radius 2 is 1.91 bits per heavy atom. The Morgan fingerprint density at radius 3 is 2.62 bits per heavy atom. The van der Waals surface area contributed by atoms with Crippen molar-refractivity contribution in [1.82, 2.24) is 10.2 Å². The Labute approximate surface area is 196 Å². The molecular weight excluding hydrogens is 446 g/mol. The number of carbonyl (C=O) groups is 1. The summed E-state index contributed by atoms with van der Waals surface area (Å²) in [4.78, 5) is 15.4. The number of amides is 1. The van der Waals surface area contributed by atoms with Crippen LogP contribution in [0.4, 0.5) is 5.69 Å². The topological polar surface area (TPSA) is 78.5 Å². The van der Waals surface area contributed by atoms with Gasteiger partial charge in [0.1, 0.15) is 0 Å². The molecule has 0 radical (unpaired) electrons. The third kappa shape index (κ3) is 6.47. The number of hydrogen-bond donors (Lipinski definition) is 2. The van der Waals surface area contributed by atoms with Crippen molar-refractivity contribution in [3.8, 4) is 0 Å². The SMILES string of the molecule is CCC1CCCCN1CCCNC(=O)c1cc(NS(=O)(=O)c2ccc(C)cc2)ccc1Cl. The van der Waals surface area contributed by atoms with Gasteiger partial charge in [-0.2, -0.15) is 0 Å². The standard InChI is InChI=1S/C24H32ClN3O3S/c1-3-20-7-4-5-15-28(20)16-6-14-26-24(29)22-17-19(10-13-23(22)25)27-32(30,31)21-11-8-18(2)9-12-21/h8-13,17,20,27H,3-7,14-16H2,1-2H3,(H,26,29). The van der Waals surface area contributed by atoms with Crippen molar-refractivity contribution < 1.29 is 13.2 Å². The van der Waals surface area contributed by atoms with Gasteiger partial charge in [-0.1, -0.05) is 42.6 Å². The van der Waals surface area contributed by atoms with E-state index in [1.807, 2.05) is 6.92 Å². The first-order chi connectivity index (χ1) is 15.3. The van der Waals surface area contributed by atoms with Crippen molar-refractivity contribution in [3.63, 3.8) is 0 Å². The fourth-order valence-electron chi connectivity index (χ4n) is 4.09. The number of nitrogens with zero attached hydrogens (tertiary/aromatic N) is 1. The number of likely N-dealkylation sites (tertiary alicyclic amines) is 1. The number of rotatable bonds is 9. The van der Waals surface area contributed by atoms with Crippen LogP contribution < -0.4 is 10.0 Å². The summed E-state index contributed by atoms with van der Waals surface area (Å²) in [5.41, 5.74) is 1.51. The van der Waals surface area contributed by atoms with Crippen molar-refractivity contribution in [3.05, 3.63) is 58.6 Å². The Kier molecular flexibility index (Phi) is 8.57. The van der Waals surface area contributed by atoms with Gasteiger partial charge < -0.3 is 10.2 Å². The second-order valence-corrected chi connectivity index (χ2v) is 10.4. The van der Waals surface area contributed by atoms with E-state index in [-0.39, 0.29) is 21.4 Å². The zero-order chi connectivity index (χ0) is 23.1. The summed E-state index contributed by atoms with van der Waals surface area (Å²) in [5.74, 6) is -0.308. The van der Waals surface area contributed by atoms with Crippen molar-refractivity contribution in [2.75, 3.05) is 24.4 Å². The molecule has 2 N–H and O–H groups in total. The molecule has 1 atom stereocenters. The summed E-state index contributed by atoms with van der Waals surface area (Å²) in [6.07, 6.45) is 5.81. The number of hydrogen-bond acceptors (Lipinski definition) is 4. The van der Waals surface area contributed by atoms with E-state index in [9.17, 15) is 13.2 Å². The number of halogens is 1. The lowest BCUT2D eigenvalue weighted by atomic mass is 10.00. The Morgan fingerprint density at radius 1 is 1.16 bits per heavy atom. The van der Waals surface area contributed by atoms with Gasteiger partial charge in [0.2, 0.25) is 0 Å². The number of nitrogens with one attached hydrogen (secondary N) is 2. The number of anilines is 1. The Bertz CT molecular complexity index is 1030.